The Morgan fingerprint density at radius 1 is 0.905 bits per heavy atom. The zero-order valence-corrected chi connectivity index (χ0v) is 13.0. The maximum atomic E-state index is 8.85. The molecule has 0 aliphatic carbocycles. The Hall–Kier alpha value is -1.64. The first-order valence-electron chi connectivity index (χ1n) is 7.69. The molecule has 0 radical (unpaired) electrons. The summed E-state index contributed by atoms with van der Waals surface area (Å²) in [6, 6.07) is 17.0. The van der Waals surface area contributed by atoms with E-state index in [1.54, 1.807) is 0 Å². The fourth-order valence-electron chi connectivity index (χ4n) is 2.58. The summed E-state index contributed by atoms with van der Waals surface area (Å²) >= 11 is 0. The van der Waals surface area contributed by atoms with E-state index in [-0.39, 0.29) is 6.10 Å². The summed E-state index contributed by atoms with van der Waals surface area (Å²) < 4.78 is 0. The second-order valence-electron chi connectivity index (χ2n) is 5.63. The molecule has 2 N–H and O–H groups in total. The van der Waals surface area contributed by atoms with Crippen molar-refractivity contribution in [2.75, 3.05) is 13.1 Å². The van der Waals surface area contributed by atoms with Crippen molar-refractivity contribution in [1.29, 1.82) is 0 Å². The van der Waals surface area contributed by atoms with Crippen LogP contribution in [0.15, 0.2) is 48.5 Å². The molecule has 3 rings (SSSR count). The molecule has 0 aromatic heterocycles. The number of β-amino-alcohol motifs (C(OH)–C–C–N with tert-alkyl or cyclic N) is 1. The highest BCUT2D eigenvalue weighted by Gasteiger charge is 2.06. The highest BCUT2D eigenvalue weighted by molar-refractivity contribution is 5.70. The van der Waals surface area contributed by atoms with Crippen LogP contribution >= 0.6 is 0 Å². The molecule has 0 bridgehead atoms. The lowest BCUT2D eigenvalue weighted by Crippen LogP contribution is -2.33. The summed E-state index contributed by atoms with van der Waals surface area (Å²) in [5.41, 5.74) is 5.35. The number of hydrogen-bond donors (Lipinski definition) is 2. The first-order valence-corrected chi connectivity index (χ1v) is 7.69. The van der Waals surface area contributed by atoms with Gasteiger partial charge in [0.05, 0.1) is 6.10 Å². The van der Waals surface area contributed by atoms with Gasteiger partial charge in [-0.25, -0.2) is 0 Å². The van der Waals surface area contributed by atoms with Crippen LogP contribution < -0.4 is 5.32 Å². The van der Waals surface area contributed by atoms with Crippen LogP contribution in [0, 0.1) is 13.8 Å². The third kappa shape index (κ3) is 4.69. The first kappa shape index (κ1) is 15.7. The van der Waals surface area contributed by atoms with Gasteiger partial charge in [-0.2, -0.15) is 0 Å². The van der Waals surface area contributed by atoms with Gasteiger partial charge in [0.2, 0.25) is 0 Å². The lowest BCUT2D eigenvalue weighted by Gasteiger charge is -2.16. The van der Waals surface area contributed by atoms with Crippen molar-refractivity contribution < 1.29 is 5.11 Å². The standard InChI is InChI=1S/C14H14.C5H11NO/c1-11-7-3-5-9-13(11)14-10-6-4-8-12(14)2;7-5-2-1-3-6-4-5/h3-10H,1-2H3;5-7H,1-4H2. The van der Waals surface area contributed by atoms with Gasteiger partial charge >= 0.3 is 0 Å². The molecule has 1 aliphatic rings. The summed E-state index contributed by atoms with van der Waals surface area (Å²) in [7, 11) is 0. The van der Waals surface area contributed by atoms with Gasteiger partial charge in [0, 0.05) is 6.54 Å². The van der Waals surface area contributed by atoms with Crippen molar-refractivity contribution in [3.8, 4) is 11.1 Å². The highest BCUT2D eigenvalue weighted by Crippen LogP contribution is 2.25. The summed E-state index contributed by atoms with van der Waals surface area (Å²) in [6.45, 7) is 6.18. The van der Waals surface area contributed by atoms with E-state index in [4.69, 9.17) is 5.11 Å². The van der Waals surface area contributed by atoms with Crippen molar-refractivity contribution in [2.24, 2.45) is 0 Å². The van der Waals surface area contributed by atoms with E-state index in [9.17, 15) is 0 Å². The molecule has 0 amide bonds. The topological polar surface area (TPSA) is 32.3 Å². The Morgan fingerprint density at radius 2 is 1.43 bits per heavy atom. The van der Waals surface area contributed by atoms with Crippen molar-refractivity contribution in [1.82, 2.24) is 5.32 Å². The highest BCUT2D eigenvalue weighted by atomic mass is 16.3. The zero-order valence-electron chi connectivity index (χ0n) is 13.0. The van der Waals surface area contributed by atoms with Gasteiger partial charge in [-0.15, -0.1) is 0 Å². The largest absolute Gasteiger partial charge is 0.392 e. The fourth-order valence-corrected chi connectivity index (χ4v) is 2.58. The van der Waals surface area contributed by atoms with E-state index in [1.165, 1.54) is 22.3 Å². The van der Waals surface area contributed by atoms with E-state index in [2.05, 4.69) is 67.7 Å². The molecule has 2 aromatic rings. The zero-order chi connectivity index (χ0) is 15.1. The molecule has 21 heavy (non-hydrogen) atoms. The number of nitrogens with one attached hydrogen (secondary N) is 1. The Kier molecular flexibility index (Phi) is 5.97. The number of aliphatic hydroxyl groups is 1. The number of aliphatic hydroxyl groups excluding tert-OH is 1. The molecular formula is C19H25NO. The molecule has 1 unspecified atom stereocenters. The molecule has 2 aromatic carbocycles. The number of rotatable bonds is 1. The molecule has 0 spiro atoms. The quantitative estimate of drug-likeness (QED) is 0.836. The molecule has 1 saturated heterocycles. The van der Waals surface area contributed by atoms with E-state index in [0.717, 1.165) is 25.9 Å². The SMILES string of the molecule is Cc1ccccc1-c1ccccc1C.OC1CCCNC1. The van der Waals surface area contributed by atoms with Crippen molar-refractivity contribution in [3.05, 3.63) is 59.7 Å². The number of piperidine rings is 1. The number of benzene rings is 2. The van der Waals surface area contributed by atoms with Gasteiger partial charge in [0.1, 0.15) is 0 Å². The minimum absolute atomic E-state index is 0.0752. The van der Waals surface area contributed by atoms with Crippen LogP contribution in [0.5, 0.6) is 0 Å². The average molecular weight is 283 g/mol. The van der Waals surface area contributed by atoms with Crippen molar-refractivity contribution in [2.45, 2.75) is 32.8 Å². The summed E-state index contributed by atoms with van der Waals surface area (Å²) in [4.78, 5) is 0. The maximum absolute atomic E-state index is 8.85. The molecular weight excluding hydrogens is 258 g/mol. The maximum Gasteiger partial charge on any atom is 0.0665 e. The van der Waals surface area contributed by atoms with Crippen molar-refractivity contribution >= 4 is 0 Å². The molecule has 2 heteroatoms. The second-order valence-corrected chi connectivity index (χ2v) is 5.63. The van der Waals surface area contributed by atoms with Crippen LogP contribution in [0.3, 0.4) is 0 Å². The Morgan fingerprint density at radius 3 is 1.76 bits per heavy atom. The van der Waals surface area contributed by atoms with Crippen LogP contribution in [0.4, 0.5) is 0 Å². The van der Waals surface area contributed by atoms with Gasteiger partial charge < -0.3 is 10.4 Å². The molecule has 1 aliphatic heterocycles. The summed E-state index contributed by atoms with van der Waals surface area (Å²) in [5.74, 6) is 0. The van der Waals surface area contributed by atoms with E-state index < -0.39 is 0 Å². The number of hydrogen-bond acceptors (Lipinski definition) is 2. The Balaban J connectivity index is 0.000000194. The summed E-state index contributed by atoms with van der Waals surface area (Å²) in [6.07, 6.45) is 2.03. The monoisotopic (exact) mass is 283 g/mol. The van der Waals surface area contributed by atoms with Gasteiger partial charge in [-0.05, 0) is 55.5 Å². The van der Waals surface area contributed by atoms with Gasteiger partial charge in [-0.3, -0.25) is 0 Å². The van der Waals surface area contributed by atoms with E-state index in [1.807, 2.05) is 0 Å². The Labute approximate surface area is 127 Å². The average Bonchev–Trinajstić information content (AvgIpc) is 2.50. The Bertz CT molecular complexity index is 515. The molecule has 1 fully saturated rings. The van der Waals surface area contributed by atoms with Gasteiger partial charge in [-0.1, -0.05) is 48.5 Å². The first-order chi connectivity index (χ1) is 10.2. The third-order valence-corrected chi connectivity index (χ3v) is 3.85. The molecule has 0 saturated carbocycles. The van der Waals surface area contributed by atoms with Crippen LogP contribution in [0.2, 0.25) is 0 Å². The van der Waals surface area contributed by atoms with Crippen LogP contribution in [0.1, 0.15) is 24.0 Å². The lowest BCUT2D eigenvalue weighted by atomic mass is 9.97. The predicted molar refractivity (Wildman–Crippen MR) is 89.5 cm³/mol. The van der Waals surface area contributed by atoms with Crippen molar-refractivity contribution in [3.63, 3.8) is 0 Å². The van der Waals surface area contributed by atoms with Crippen LogP contribution in [-0.2, 0) is 0 Å². The fraction of sp³-hybridized carbons (Fsp3) is 0.368. The molecule has 1 heterocycles. The lowest BCUT2D eigenvalue weighted by molar-refractivity contribution is 0.142. The second kappa shape index (κ2) is 7.96. The molecule has 1 atom stereocenters. The number of aryl methyl sites for hydroxylation is 2. The van der Waals surface area contributed by atoms with Crippen LogP contribution in [0.25, 0.3) is 11.1 Å². The minimum atomic E-state index is -0.0752. The molecule has 2 nitrogen and oxygen atoms in total. The van der Waals surface area contributed by atoms with Gasteiger partial charge in [0.25, 0.3) is 0 Å². The normalized spacial score (nSPS) is 17.8. The predicted octanol–water partition coefficient (Wildman–Crippen LogP) is 3.70. The van der Waals surface area contributed by atoms with E-state index in [0.29, 0.717) is 0 Å². The minimum Gasteiger partial charge on any atom is -0.392 e. The summed E-state index contributed by atoms with van der Waals surface area (Å²) in [5, 5.41) is 11.9. The van der Waals surface area contributed by atoms with Gasteiger partial charge in [0.15, 0.2) is 0 Å². The van der Waals surface area contributed by atoms with Crippen LogP contribution in [-0.4, -0.2) is 24.3 Å². The third-order valence-electron chi connectivity index (χ3n) is 3.85. The van der Waals surface area contributed by atoms with E-state index >= 15 is 0 Å². The smallest absolute Gasteiger partial charge is 0.0665 e. The molecule has 112 valence electrons.